The molecule has 20 heavy (non-hydrogen) atoms. The SMILES string of the molecule is COc1c(C(N)c2ccc(Cl)c(F)c2)ccc(C)c1C. The molecule has 0 saturated carbocycles. The monoisotopic (exact) mass is 293 g/mol. The summed E-state index contributed by atoms with van der Waals surface area (Å²) in [6.07, 6.45) is 0. The van der Waals surface area contributed by atoms with Crippen molar-refractivity contribution in [1.29, 1.82) is 0 Å². The summed E-state index contributed by atoms with van der Waals surface area (Å²) in [4.78, 5) is 0. The van der Waals surface area contributed by atoms with Crippen molar-refractivity contribution in [3.63, 3.8) is 0 Å². The molecule has 0 spiro atoms. The van der Waals surface area contributed by atoms with E-state index in [1.54, 1.807) is 13.2 Å². The van der Waals surface area contributed by atoms with E-state index in [1.165, 1.54) is 12.1 Å². The number of nitrogens with two attached hydrogens (primary N) is 1. The first kappa shape index (κ1) is 14.8. The van der Waals surface area contributed by atoms with Crippen molar-refractivity contribution in [2.45, 2.75) is 19.9 Å². The van der Waals surface area contributed by atoms with Crippen LogP contribution in [0.2, 0.25) is 5.02 Å². The van der Waals surface area contributed by atoms with Gasteiger partial charge in [-0.25, -0.2) is 4.39 Å². The number of ether oxygens (including phenoxy) is 1. The maximum atomic E-state index is 13.6. The van der Waals surface area contributed by atoms with Crippen molar-refractivity contribution in [2.75, 3.05) is 7.11 Å². The topological polar surface area (TPSA) is 35.2 Å². The summed E-state index contributed by atoms with van der Waals surface area (Å²) in [6.45, 7) is 3.99. The third kappa shape index (κ3) is 2.65. The van der Waals surface area contributed by atoms with E-state index in [1.807, 2.05) is 26.0 Å². The van der Waals surface area contributed by atoms with Crippen LogP contribution in [0.15, 0.2) is 30.3 Å². The van der Waals surface area contributed by atoms with Gasteiger partial charge in [-0.1, -0.05) is 29.8 Å². The molecule has 0 bridgehead atoms. The van der Waals surface area contributed by atoms with Gasteiger partial charge in [0.1, 0.15) is 11.6 Å². The molecule has 0 saturated heterocycles. The van der Waals surface area contributed by atoms with Crippen molar-refractivity contribution in [3.05, 3.63) is 63.4 Å². The number of aryl methyl sites for hydroxylation is 1. The molecule has 0 aliphatic rings. The molecule has 0 radical (unpaired) electrons. The van der Waals surface area contributed by atoms with Crippen LogP contribution in [-0.4, -0.2) is 7.11 Å². The Morgan fingerprint density at radius 1 is 1.20 bits per heavy atom. The Bertz CT molecular complexity index is 643. The normalized spacial score (nSPS) is 12.3. The molecular formula is C16H17ClFNO. The number of benzene rings is 2. The van der Waals surface area contributed by atoms with E-state index in [-0.39, 0.29) is 5.02 Å². The van der Waals surface area contributed by atoms with Crippen LogP contribution in [0, 0.1) is 19.7 Å². The highest BCUT2D eigenvalue weighted by Crippen LogP contribution is 2.33. The Hall–Kier alpha value is -1.58. The summed E-state index contributed by atoms with van der Waals surface area (Å²) in [6, 6.07) is 8.04. The van der Waals surface area contributed by atoms with Gasteiger partial charge < -0.3 is 10.5 Å². The highest BCUT2D eigenvalue weighted by molar-refractivity contribution is 6.30. The highest BCUT2D eigenvalue weighted by Gasteiger charge is 2.17. The zero-order valence-corrected chi connectivity index (χ0v) is 12.5. The van der Waals surface area contributed by atoms with E-state index < -0.39 is 11.9 Å². The van der Waals surface area contributed by atoms with Gasteiger partial charge in [0.25, 0.3) is 0 Å². The number of rotatable bonds is 3. The number of hydrogen-bond donors (Lipinski definition) is 1. The first-order valence-electron chi connectivity index (χ1n) is 6.30. The fourth-order valence-electron chi connectivity index (χ4n) is 2.21. The van der Waals surface area contributed by atoms with Crippen LogP contribution >= 0.6 is 11.6 Å². The third-order valence-electron chi connectivity index (χ3n) is 3.55. The first-order valence-corrected chi connectivity index (χ1v) is 6.68. The molecule has 0 heterocycles. The minimum absolute atomic E-state index is 0.0907. The lowest BCUT2D eigenvalue weighted by atomic mass is 9.95. The number of hydrogen-bond acceptors (Lipinski definition) is 2. The van der Waals surface area contributed by atoms with Crippen LogP contribution in [0.1, 0.15) is 28.3 Å². The zero-order chi connectivity index (χ0) is 14.9. The van der Waals surface area contributed by atoms with E-state index in [4.69, 9.17) is 22.1 Å². The lowest BCUT2D eigenvalue weighted by Crippen LogP contribution is -2.14. The number of halogens is 2. The summed E-state index contributed by atoms with van der Waals surface area (Å²) < 4.78 is 19.0. The summed E-state index contributed by atoms with van der Waals surface area (Å²) in [5, 5.41) is 0.0907. The van der Waals surface area contributed by atoms with Crippen LogP contribution in [0.3, 0.4) is 0 Å². The third-order valence-corrected chi connectivity index (χ3v) is 3.86. The second-order valence-electron chi connectivity index (χ2n) is 4.78. The molecule has 0 aromatic heterocycles. The fourth-order valence-corrected chi connectivity index (χ4v) is 2.33. The molecule has 0 fully saturated rings. The van der Waals surface area contributed by atoms with Crippen LogP contribution < -0.4 is 10.5 Å². The van der Waals surface area contributed by atoms with E-state index in [9.17, 15) is 4.39 Å². The lowest BCUT2D eigenvalue weighted by Gasteiger charge is -2.19. The summed E-state index contributed by atoms with van der Waals surface area (Å²) in [7, 11) is 1.61. The minimum atomic E-state index is -0.470. The molecular weight excluding hydrogens is 277 g/mol. The van der Waals surface area contributed by atoms with Gasteiger partial charge in [-0.2, -0.15) is 0 Å². The van der Waals surface area contributed by atoms with Gasteiger partial charge in [-0.05, 0) is 42.7 Å². The minimum Gasteiger partial charge on any atom is -0.496 e. The fraction of sp³-hybridized carbons (Fsp3) is 0.250. The molecule has 106 valence electrons. The Labute approximate surface area is 123 Å². The zero-order valence-electron chi connectivity index (χ0n) is 11.7. The van der Waals surface area contributed by atoms with E-state index >= 15 is 0 Å². The summed E-state index contributed by atoms with van der Waals surface area (Å²) in [5.74, 6) is 0.273. The predicted molar refractivity (Wildman–Crippen MR) is 79.9 cm³/mol. The van der Waals surface area contributed by atoms with Crippen molar-refractivity contribution >= 4 is 11.6 Å². The molecule has 0 aliphatic carbocycles. The van der Waals surface area contributed by atoms with E-state index in [0.717, 1.165) is 22.4 Å². The standard InChI is InChI=1S/C16H17ClFNO/c1-9-4-6-12(16(20-3)10(9)2)15(19)11-5-7-13(17)14(18)8-11/h4-8,15H,19H2,1-3H3. The second-order valence-corrected chi connectivity index (χ2v) is 5.19. The van der Waals surface area contributed by atoms with Gasteiger partial charge in [0.05, 0.1) is 18.2 Å². The molecule has 0 aliphatic heterocycles. The maximum absolute atomic E-state index is 13.6. The quantitative estimate of drug-likeness (QED) is 0.922. The Kier molecular flexibility index (Phi) is 4.31. The van der Waals surface area contributed by atoms with Gasteiger partial charge >= 0.3 is 0 Å². The van der Waals surface area contributed by atoms with Crippen molar-refractivity contribution < 1.29 is 9.13 Å². The van der Waals surface area contributed by atoms with E-state index in [0.29, 0.717) is 5.56 Å². The maximum Gasteiger partial charge on any atom is 0.142 e. The van der Waals surface area contributed by atoms with Crippen LogP contribution in [0.25, 0.3) is 0 Å². The van der Waals surface area contributed by atoms with Crippen molar-refractivity contribution in [2.24, 2.45) is 5.73 Å². The van der Waals surface area contributed by atoms with E-state index in [2.05, 4.69) is 0 Å². The molecule has 4 heteroatoms. The first-order chi connectivity index (χ1) is 9.45. The predicted octanol–water partition coefficient (Wildman–Crippen LogP) is 4.15. The summed E-state index contributed by atoms with van der Waals surface area (Å²) >= 11 is 5.70. The van der Waals surface area contributed by atoms with Gasteiger partial charge in [0.15, 0.2) is 0 Å². The molecule has 2 rings (SSSR count). The van der Waals surface area contributed by atoms with Gasteiger partial charge in [-0.15, -0.1) is 0 Å². The second kappa shape index (κ2) is 5.81. The molecule has 2 aromatic rings. The molecule has 2 N–H and O–H groups in total. The molecule has 1 unspecified atom stereocenters. The van der Waals surface area contributed by atoms with Gasteiger partial charge in [0.2, 0.25) is 0 Å². The smallest absolute Gasteiger partial charge is 0.142 e. The van der Waals surface area contributed by atoms with Crippen molar-refractivity contribution in [3.8, 4) is 5.75 Å². The highest BCUT2D eigenvalue weighted by atomic mass is 35.5. The Morgan fingerprint density at radius 3 is 2.50 bits per heavy atom. The molecule has 2 nitrogen and oxygen atoms in total. The average Bonchev–Trinajstić information content (AvgIpc) is 2.44. The lowest BCUT2D eigenvalue weighted by molar-refractivity contribution is 0.404. The largest absolute Gasteiger partial charge is 0.496 e. The Morgan fingerprint density at radius 2 is 1.90 bits per heavy atom. The average molecular weight is 294 g/mol. The Balaban J connectivity index is 2.50. The molecule has 2 aromatic carbocycles. The molecule has 1 atom stereocenters. The summed E-state index contributed by atoms with van der Waals surface area (Å²) in [5.41, 5.74) is 9.89. The number of methoxy groups -OCH3 is 1. The van der Waals surface area contributed by atoms with Gasteiger partial charge in [-0.3, -0.25) is 0 Å². The molecule has 0 amide bonds. The van der Waals surface area contributed by atoms with Crippen LogP contribution in [0.4, 0.5) is 4.39 Å². The van der Waals surface area contributed by atoms with Gasteiger partial charge in [0, 0.05) is 5.56 Å². The van der Waals surface area contributed by atoms with Crippen LogP contribution in [-0.2, 0) is 0 Å². The van der Waals surface area contributed by atoms with Crippen LogP contribution in [0.5, 0.6) is 5.75 Å². The van der Waals surface area contributed by atoms with Crippen molar-refractivity contribution in [1.82, 2.24) is 0 Å².